The number of aromatic hydroxyl groups is 2. The number of hydrogen-bond donors (Lipinski definition) is 5. The van der Waals surface area contributed by atoms with E-state index in [1.54, 1.807) is 52.0 Å². The van der Waals surface area contributed by atoms with Crippen molar-refractivity contribution >= 4 is 101 Å². The third-order valence-electron chi connectivity index (χ3n) is 7.25. The molecular formula is C35H39Br2I2N3O9. The lowest BCUT2D eigenvalue weighted by molar-refractivity contribution is -0.146. The highest BCUT2D eigenvalue weighted by atomic mass is 127. The first-order valence-corrected chi connectivity index (χ1v) is 19.3. The predicted octanol–water partition coefficient (Wildman–Crippen LogP) is 6.26. The molecule has 16 heteroatoms. The molecule has 5 N–H and O–H groups in total. The fourth-order valence-corrected chi connectivity index (χ4v) is 7.93. The van der Waals surface area contributed by atoms with Gasteiger partial charge in [-0.2, -0.15) is 0 Å². The van der Waals surface area contributed by atoms with E-state index in [2.05, 4.69) is 47.8 Å². The van der Waals surface area contributed by atoms with Crippen LogP contribution in [0.15, 0.2) is 63.5 Å². The molecule has 0 bridgehead atoms. The summed E-state index contributed by atoms with van der Waals surface area (Å²) in [5, 5.41) is 28.5. The third-order valence-corrected chi connectivity index (χ3v) is 10.1. The van der Waals surface area contributed by atoms with Gasteiger partial charge in [0.1, 0.15) is 35.2 Å². The number of benzene rings is 3. The smallest absolute Gasteiger partial charge is 0.408 e. The number of amides is 3. The summed E-state index contributed by atoms with van der Waals surface area (Å²) in [5.74, 6) is -2.16. The van der Waals surface area contributed by atoms with E-state index in [4.69, 9.17) is 14.2 Å². The molecule has 4 atom stereocenters. The van der Waals surface area contributed by atoms with Gasteiger partial charge in [0.2, 0.25) is 11.8 Å². The van der Waals surface area contributed by atoms with Gasteiger partial charge in [-0.3, -0.25) is 9.59 Å². The highest BCUT2D eigenvalue weighted by Crippen LogP contribution is 2.34. The minimum atomic E-state index is -1.35. The number of carbonyl (C=O) groups is 4. The van der Waals surface area contributed by atoms with Crippen LogP contribution >= 0.6 is 77.0 Å². The highest BCUT2D eigenvalue weighted by molar-refractivity contribution is 14.1. The molecule has 12 nitrogen and oxygen atoms in total. The van der Waals surface area contributed by atoms with Crippen LogP contribution in [0.3, 0.4) is 0 Å². The van der Waals surface area contributed by atoms with E-state index in [0.717, 1.165) is 5.56 Å². The predicted molar refractivity (Wildman–Crippen MR) is 214 cm³/mol. The first-order chi connectivity index (χ1) is 23.9. The number of halogens is 4. The third kappa shape index (κ3) is 13.4. The molecule has 0 aliphatic carbocycles. The number of phenolic OH excluding ortho intramolecular Hbond substituents is 2. The molecule has 0 aliphatic heterocycles. The summed E-state index contributed by atoms with van der Waals surface area (Å²) in [6.07, 6.45) is -1.81. The Labute approximate surface area is 340 Å². The molecule has 0 saturated heterocycles. The molecule has 3 rings (SSSR count). The molecule has 3 amide bonds. The van der Waals surface area contributed by atoms with Crippen LogP contribution < -0.4 is 16.0 Å². The standard InChI is InChI=1S/C35H39Br2I2N3O9/c1-18(50-17-19-9-7-6-8-10-19)28(32(46)40-27(33(47)49-5)16-20-11-22(36)29(43)23(37)12-20)42-31(45)26(41-34(48)51-35(2,3)4)15-21-13-24(38)30(44)25(39)14-21/h6-14,18,26-28,43-44H,15-17H2,1-5H3,(H,40,46)(H,41,48)(H,42,45)/t18-,26+,27+,28+/m1/s1. The van der Waals surface area contributed by atoms with Crippen molar-refractivity contribution in [2.75, 3.05) is 7.11 Å². The Bertz CT molecular complexity index is 1680. The van der Waals surface area contributed by atoms with Crippen molar-refractivity contribution in [1.82, 2.24) is 16.0 Å². The minimum absolute atomic E-state index is 0.0135. The maximum atomic E-state index is 14.1. The van der Waals surface area contributed by atoms with Crippen LogP contribution in [0.2, 0.25) is 0 Å². The summed E-state index contributed by atoms with van der Waals surface area (Å²) in [6.45, 7) is 6.78. The molecule has 276 valence electrons. The van der Waals surface area contributed by atoms with E-state index < -0.39 is 53.7 Å². The summed E-state index contributed by atoms with van der Waals surface area (Å²) in [6, 6.07) is 12.0. The zero-order chi connectivity index (χ0) is 38.0. The van der Waals surface area contributed by atoms with Gasteiger partial charge < -0.3 is 40.4 Å². The zero-order valence-corrected chi connectivity index (χ0v) is 35.9. The van der Waals surface area contributed by atoms with Crippen LogP contribution in [-0.2, 0) is 48.0 Å². The van der Waals surface area contributed by atoms with E-state index in [-0.39, 0.29) is 30.9 Å². The molecule has 0 radical (unpaired) electrons. The van der Waals surface area contributed by atoms with Crippen LogP contribution in [0.1, 0.15) is 44.4 Å². The van der Waals surface area contributed by atoms with Gasteiger partial charge in [-0.1, -0.05) is 30.3 Å². The molecule has 3 aromatic carbocycles. The van der Waals surface area contributed by atoms with Crippen molar-refractivity contribution in [2.45, 2.75) is 77.0 Å². The van der Waals surface area contributed by atoms with Crippen LogP contribution in [-0.4, -0.2) is 71.0 Å². The Balaban J connectivity index is 1.95. The van der Waals surface area contributed by atoms with E-state index in [0.29, 0.717) is 27.2 Å². The molecule has 0 saturated carbocycles. The monoisotopic (exact) mass is 1060 g/mol. The van der Waals surface area contributed by atoms with Crippen LogP contribution in [0, 0.1) is 7.14 Å². The maximum absolute atomic E-state index is 14.1. The number of alkyl carbamates (subject to hydrolysis) is 1. The van der Waals surface area contributed by atoms with E-state index in [1.165, 1.54) is 7.11 Å². The molecule has 0 spiro atoms. The second-order valence-corrected chi connectivity index (χ2v) is 16.5. The van der Waals surface area contributed by atoms with Gasteiger partial charge in [0.25, 0.3) is 0 Å². The summed E-state index contributed by atoms with van der Waals surface area (Å²) in [4.78, 5) is 54.0. The maximum Gasteiger partial charge on any atom is 0.408 e. The SMILES string of the molecule is COC(=O)[C@H](Cc1cc(Br)c(O)c(Br)c1)NC(=O)[C@@H](NC(=O)[C@H](Cc1cc(I)c(O)c(I)c1)NC(=O)OC(C)(C)C)[C@@H](C)OCc1ccccc1. The average Bonchev–Trinajstić information content (AvgIpc) is 3.05. The molecule has 0 heterocycles. The minimum Gasteiger partial charge on any atom is -0.506 e. The number of ether oxygens (including phenoxy) is 3. The Morgan fingerprint density at radius 1 is 0.784 bits per heavy atom. The van der Waals surface area contributed by atoms with Crippen molar-refractivity contribution in [1.29, 1.82) is 0 Å². The number of rotatable bonds is 14. The normalized spacial score (nSPS) is 13.7. The molecule has 3 aromatic rings. The summed E-state index contributed by atoms with van der Waals surface area (Å²) >= 11 is 10.5. The van der Waals surface area contributed by atoms with Crippen LogP contribution in [0.25, 0.3) is 0 Å². The van der Waals surface area contributed by atoms with Crippen molar-refractivity contribution in [3.05, 3.63) is 87.4 Å². The number of methoxy groups -OCH3 is 1. The zero-order valence-electron chi connectivity index (χ0n) is 28.4. The van der Waals surface area contributed by atoms with Gasteiger partial charge in [0.05, 0.1) is 35.9 Å². The Morgan fingerprint density at radius 2 is 1.33 bits per heavy atom. The molecule has 0 fully saturated rings. The Hall–Kier alpha value is -2.68. The quantitative estimate of drug-likeness (QED) is 0.0924. The first kappa shape index (κ1) is 42.7. The molecular weight excluding hydrogens is 1020 g/mol. The van der Waals surface area contributed by atoms with Crippen molar-refractivity contribution in [3.63, 3.8) is 0 Å². The van der Waals surface area contributed by atoms with Crippen molar-refractivity contribution < 1.29 is 43.6 Å². The number of hydrogen-bond acceptors (Lipinski definition) is 9. The van der Waals surface area contributed by atoms with Gasteiger partial charge in [-0.25, -0.2) is 9.59 Å². The number of phenols is 2. The lowest BCUT2D eigenvalue weighted by Crippen LogP contribution is -2.60. The second kappa shape index (κ2) is 19.4. The van der Waals surface area contributed by atoms with E-state index >= 15 is 0 Å². The lowest BCUT2D eigenvalue weighted by atomic mass is 10.0. The number of carbonyl (C=O) groups excluding carboxylic acids is 4. The van der Waals surface area contributed by atoms with Gasteiger partial charge >= 0.3 is 12.1 Å². The highest BCUT2D eigenvalue weighted by Gasteiger charge is 2.35. The first-order valence-electron chi connectivity index (χ1n) is 15.6. The van der Waals surface area contributed by atoms with Gasteiger partial charge in [0.15, 0.2) is 0 Å². The summed E-state index contributed by atoms with van der Waals surface area (Å²) in [7, 11) is 1.19. The molecule has 0 aromatic heterocycles. The lowest BCUT2D eigenvalue weighted by Gasteiger charge is -2.29. The van der Waals surface area contributed by atoms with Gasteiger partial charge in [-0.05, 0) is 146 Å². The fraction of sp³-hybridized carbons (Fsp3) is 0.371. The van der Waals surface area contributed by atoms with Gasteiger partial charge in [-0.15, -0.1) is 0 Å². The Kier molecular flexibility index (Phi) is 16.3. The Morgan fingerprint density at radius 3 is 1.88 bits per heavy atom. The second-order valence-electron chi connectivity index (χ2n) is 12.5. The summed E-state index contributed by atoms with van der Waals surface area (Å²) < 4.78 is 18.3. The molecule has 51 heavy (non-hydrogen) atoms. The van der Waals surface area contributed by atoms with Crippen LogP contribution in [0.4, 0.5) is 4.79 Å². The number of nitrogens with one attached hydrogen (secondary N) is 3. The van der Waals surface area contributed by atoms with E-state index in [1.807, 2.05) is 75.5 Å². The molecule has 0 unspecified atom stereocenters. The van der Waals surface area contributed by atoms with E-state index in [9.17, 15) is 29.4 Å². The largest absolute Gasteiger partial charge is 0.506 e. The number of esters is 1. The van der Waals surface area contributed by atoms with Crippen molar-refractivity contribution in [2.24, 2.45) is 0 Å². The average molecular weight is 1060 g/mol. The van der Waals surface area contributed by atoms with Crippen LogP contribution in [0.5, 0.6) is 11.5 Å². The summed E-state index contributed by atoms with van der Waals surface area (Å²) in [5.41, 5.74) is 1.18. The topological polar surface area (TPSA) is 173 Å². The fourth-order valence-electron chi connectivity index (χ4n) is 4.75. The van der Waals surface area contributed by atoms with Crippen molar-refractivity contribution in [3.8, 4) is 11.5 Å². The molecule has 0 aliphatic rings. The van der Waals surface area contributed by atoms with Gasteiger partial charge in [0, 0.05) is 12.8 Å².